The molecule has 0 radical (unpaired) electrons. The highest BCUT2D eigenvalue weighted by Gasteiger charge is 2.05. The summed E-state index contributed by atoms with van der Waals surface area (Å²) in [4.78, 5) is 23.7. The van der Waals surface area contributed by atoms with E-state index in [4.69, 9.17) is 4.74 Å². The van der Waals surface area contributed by atoms with Crippen molar-refractivity contribution in [2.45, 2.75) is 58.3 Å². The quantitative estimate of drug-likeness (QED) is 0.249. The summed E-state index contributed by atoms with van der Waals surface area (Å²) in [6.07, 6.45) is 10.1. The van der Waals surface area contributed by atoms with Crippen molar-refractivity contribution in [1.82, 2.24) is 10.7 Å². The third-order valence-corrected chi connectivity index (χ3v) is 4.69. The van der Waals surface area contributed by atoms with Crippen LogP contribution in [0.15, 0.2) is 59.7 Å². The van der Waals surface area contributed by atoms with Gasteiger partial charge in [0.05, 0.1) is 12.8 Å². The van der Waals surface area contributed by atoms with E-state index in [-0.39, 0.29) is 18.4 Å². The van der Waals surface area contributed by atoms with Gasteiger partial charge in [-0.3, -0.25) is 9.59 Å². The van der Waals surface area contributed by atoms with E-state index in [0.29, 0.717) is 12.2 Å². The molecule has 0 saturated carbocycles. The first kappa shape index (κ1) is 24.1. The molecule has 0 saturated heterocycles. The molecule has 2 aromatic carbocycles. The molecule has 6 heteroatoms. The maximum Gasteiger partial charge on any atom is 0.259 e. The first-order valence-electron chi connectivity index (χ1n) is 11.1. The zero-order chi connectivity index (χ0) is 22.2. The van der Waals surface area contributed by atoms with Crippen molar-refractivity contribution in [2.75, 3.05) is 6.54 Å². The van der Waals surface area contributed by atoms with Gasteiger partial charge in [-0.2, -0.15) is 5.10 Å². The Labute approximate surface area is 185 Å². The first-order chi connectivity index (χ1) is 15.2. The number of nitrogens with one attached hydrogen (secondary N) is 2. The van der Waals surface area contributed by atoms with Crippen molar-refractivity contribution in [2.24, 2.45) is 5.10 Å². The van der Waals surface area contributed by atoms with E-state index in [1.807, 2.05) is 54.6 Å². The number of amides is 2. The van der Waals surface area contributed by atoms with Gasteiger partial charge in [-0.05, 0) is 36.2 Å². The van der Waals surface area contributed by atoms with Crippen molar-refractivity contribution in [1.29, 1.82) is 0 Å². The van der Waals surface area contributed by atoms with Crippen LogP contribution in [0.25, 0.3) is 0 Å². The molecule has 2 aromatic rings. The molecule has 166 valence electrons. The summed E-state index contributed by atoms with van der Waals surface area (Å²) in [5.74, 6) is 0.968. The minimum atomic E-state index is -0.360. The summed E-state index contributed by atoms with van der Waals surface area (Å²) < 4.78 is 5.78. The molecule has 0 aliphatic rings. The molecule has 31 heavy (non-hydrogen) atoms. The monoisotopic (exact) mass is 423 g/mol. The maximum absolute atomic E-state index is 11.9. The standard InChI is InChI=1S/C25H33N3O3/c1-2-3-4-5-6-7-11-17-24(29)26-20-25(30)28-27-19-21-13-12-16-23(18-21)31-22-14-9-8-10-15-22/h8-10,12-16,18-19H,2-7,11,17,20H2,1H3,(H,26,29)(H,28,30)/b27-19+. The fourth-order valence-electron chi connectivity index (χ4n) is 3.01. The molecule has 0 unspecified atom stereocenters. The molecule has 6 nitrogen and oxygen atoms in total. The number of carbonyl (C=O) groups is 2. The van der Waals surface area contributed by atoms with Crippen LogP contribution in [0.2, 0.25) is 0 Å². The number of para-hydroxylation sites is 1. The molecular weight excluding hydrogens is 390 g/mol. The molecule has 2 amide bonds. The van der Waals surface area contributed by atoms with Crippen LogP contribution in [-0.2, 0) is 9.59 Å². The van der Waals surface area contributed by atoms with Gasteiger partial charge in [0, 0.05) is 6.42 Å². The second kappa shape index (κ2) is 14.8. The van der Waals surface area contributed by atoms with Gasteiger partial charge in [0.2, 0.25) is 5.91 Å². The van der Waals surface area contributed by atoms with Crippen LogP contribution in [0.3, 0.4) is 0 Å². The summed E-state index contributed by atoms with van der Waals surface area (Å²) in [7, 11) is 0. The minimum absolute atomic E-state index is 0.0795. The van der Waals surface area contributed by atoms with Gasteiger partial charge in [0.25, 0.3) is 5.91 Å². The number of rotatable bonds is 14. The van der Waals surface area contributed by atoms with E-state index in [9.17, 15) is 9.59 Å². The lowest BCUT2D eigenvalue weighted by atomic mass is 10.1. The highest BCUT2D eigenvalue weighted by Crippen LogP contribution is 2.21. The summed E-state index contributed by atoms with van der Waals surface area (Å²) in [5, 5.41) is 6.58. The van der Waals surface area contributed by atoms with Gasteiger partial charge in [-0.25, -0.2) is 5.43 Å². The molecule has 0 heterocycles. The summed E-state index contributed by atoms with van der Waals surface area (Å²) in [5.41, 5.74) is 3.22. The van der Waals surface area contributed by atoms with Gasteiger partial charge < -0.3 is 10.1 Å². The maximum atomic E-state index is 11.9. The van der Waals surface area contributed by atoms with Crippen LogP contribution < -0.4 is 15.5 Å². The Balaban J connectivity index is 1.62. The number of hydrogen-bond acceptors (Lipinski definition) is 4. The molecule has 0 aromatic heterocycles. The smallest absolute Gasteiger partial charge is 0.259 e. The largest absolute Gasteiger partial charge is 0.457 e. The Morgan fingerprint density at radius 1 is 0.871 bits per heavy atom. The van der Waals surface area contributed by atoms with Crippen LogP contribution >= 0.6 is 0 Å². The lowest BCUT2D eigenvalue weighted by Gasteiger charge is -2.06. The summed E-state index contributed by atoms with van der Waals surface area (Å²) in [6, 6.07) is 16.9. The third kappa shape index (κ3) is 11.0. The zero-order valence-electron chi connectivity index (χ0n) is 18.3. The van der Waals surface area contributed by atoms with Crippen LogP contribution in [-0.4, -0.2) is 24.6 Å². The molecule has 0 aliphatic carbocycles. The predicted octanol–water partition coefficient (Wildman–Crippen LogP) is 5.19. The number of unbranched alkanes of at least 4 members (excludes halogenated alkanes) is 6. The molecule has 0 bridgehead atoms. The summed E-state index contributed by atoms with van der Waals surface area (Å²) in [6.45, 7) is 2.12. The minimum Gasteiger partial charge on any atom is -0.457 e. The molecule has 0 fully saturated rings. The van der Waals surface area contributed by atoms with Crippen LogP contribution in [0.4, 0.5) is 0 Å². The molecule has 0 aliphatic heterocycles. The zero-order valence-corrected chi connectivity index (χ0v) is 18.3. The lowest BCUT2D eigenvalue weighted by molar-refractivity contribution is -0.126. The Kier molecular flexibility index (Phi) is 11.5. The van der Waals surface area contributed by atoms with Gasteiger partial charge >= 0.3 is 0 Å². The first-order valence-corrected chi connectivity index (χ1v) is 11.1. The van der Waals surface area contributed by atoms with Crippen molar-refractivity contribution < 1.29 is 14.3 Å². The number of nitrogens with zero attached hydrogens (tertiary/aromatic N) is 1. The third-order valence-electron chi connectivity index (χ3n) is 4.69. The normalized spacial score (nSPS) is 10.7. The number of carbonyl (C=O) groups excluding carboxylic acids is 2. The average Bonchev–Trinajstić information content (AvgIpc) is 2.78. The van der Waals surface area contributed by atoms with Crippen molar-refractivity contribution in [3.63, 3.8) is 0 Å². The Bertz CT molecular complexity index is 822. The molecular formula is C25H33N3O3. The Morgan fingerprint density at radius 2 is 1.58 bits per heavy atom. The highest BCUT2D eigenvalue weighted by molar-refractivity contribution is 5.86. The molecule has 0 atom stereocenters. The van der Waals surface area contributed by atoms with Crippen molar-refractivity contribution >= 4 is 18.0 Å². The van der Waals surface area contributed by atoms with Gasteiger partial charge in [0.1, 0.15) is 11.5 Å². The SMILES string of the molecule is CCCCCCCCCC(=O)NCC(=O)N/N=C/c1cccc(Oc2ccccc2)c1. The van der Waals surface area contributed by atoms with Crippen LogP contribution in [0.1, 0.15) is 63.9 Å². The van der Waals surface area contributed by atoms with E-state index in [1.165, 1.54) is 38.3 Å². The number of hydrogen-bond donors (Lipinski definition) is 2. The second-order valence-corrected chi connectivity index (χ2v) is 7.43. The van der Waals surface area contributed by atoms with Crippen LogP contribution in [0.5, 0.6) is 11.5 Å². The fourth-order valence-corrected chi connectivity index (χ4v) is 3.01. The second-order valence-electron chi connectivity index (χ2n) is 7.43. The van der Waals surface area contributed by atoms with E-state index in [2.05, 4.69) is 22.8 Å². The molecule has 0 spiro atoms. The fraction of sp³-hybridized carbons (Fsp3) is 0.400. The topological polar surface area (TPSA) is 79.8 Å². The lowest BCUT2D eigenvalue weighted by Crippen LogP contribution is -2.34. The van der Waals surface area contributed by atoms with E-state index < -0.39 is 0 Å². The van der Waals surface area contributed by atoms with Gasteiger partial charge in [-0.15, -0.1) is 0 Å². The molecule has 2 N–H and O–H groups in total. The van der Waals surface area contributed by atoms with Crippen LogP contribution in [0, 0.1) is 0 Å². The van der Waals surface area contributed by atoms with Crippen molar-refractivity contribution in [3.05, 3.63) is 60.2 Å². The Morgan fingerprint density at radius 3 is 2.35 bits per heavy atom. The van der Waals surface area contributed by atoms with E-state index in [0.717, 1.165) is 24.2 Å². The van der Waals surface area contributed by atoms with Gasteiger partial charge in [0.15, 0.2) is 0 Å². The Hall–Kier alpha value is -3.15. The van der Waals surface area contributed by atoms with Crippen molar-refractivity contribution in [3.8, 4) is 11.5 Å². The number of hydrazone groups is 1. The molecule has 2 rings (SSSR count). The van der Waals surface area contributed by atoms with Gasteiger partial charge in [-0.1, -0.05) is 75.8 Å². The summed E-state index contributed by atoms with van der Waals surface area (Å²) >= 11 is 0. The van der Waals surface area contributed by atoms with E-state index in [1.54, 1.807) is 0 Å². The number of benzene rings is 2. The number of ether oxygens (including phenoxy) is 1. The highest BCUT2D eigenvalue weighted by atomic mass is 16.5. The average molecular weight is 424 g/mol. The van der Waals surface area contributed by atoms with E-state index >= 15 is 0 Å². The predicted molar refractivity (Wildman–Crippen MR) is 124 cm³/mol.